The zero-order valence-electron chi connectivity index (χ0n) is 17.2. The van der Waals surface area contributed by atoms with Crippen molar-refractivity contribution in [1.82, 2.24) is 5.32 Å². The van der Waals surface area contributed by atoms with E-state index < -0.39 is 9.84 Å². The van der Waals surface area contributed by atoms with Crippen LogP contribution >= 0.6 is 11.6 Å². The Morgan fingerprint density at radius 2 is 1.84 bits per heavy atom. The van der Waals surface area contributed by atoms with Crippen molar-refractivity contribution in [2.24, 2.45) is 10.9 Å². The highest BCUT2D eigenvalue weighted by atomic mass is 35.5. The van der Waals surface area contributed by atoms with E-state index >= 15 is 0 Å². The number of carbonyl (C=O) groups is 1. The predicted octanol–water partition coefficient (Wildman–Crippen LogP) is 4.25. The first-order chi connectivity index (χ1) is 14.7. The van der Waals surface area contributed by atoms with E-state index in [1.165, 1.54) is 12.1 Å². The van der Waals surface area contributed by atoms with E-state index in [2.05, 4.69) is 15.6 Å². The van der Waals surface area contributed by atoms with Gasteiger partial charge in [-0.05, 0) is 74.1 Å². The van der Waals surface area contributed by atoms with Crippen LogP contribution in [0.3, 0.4) is 0 Å². The van der Waals surface area contributed by atoms with Crippen molar-refractivity contribution in [2.45, 2.75) is 36.6 Å². The van der Waals surface area contributed by atoms with Crippen LogP contribution in [-0.2, 0) is 9.84 Å². The minimum Gasteiger partial charge on any atom is -0.507 e. The lowest BCUT2D eigenvalue weighted by Crippen LogP contribution is -2.40. The van der Waals surface area contributed by atoms with Crippen molar-refractivity contribution in [1.29, 1.82) is 0 Å². The molecule has 3 N–H and O–H groups in total. The maximum atomic E-state index is 12.2. The normalized spacial score (nSPS) is 19.3. The highest BCUT2D eigenvalue weighted by Crippen LogP contribution is 2.25. The molecule has 0 saturated heterocycles. The van der Waals surface area contributed by atoms with E-state index in [-0.39, 0.29) is 22.7 Å². The Morgan fingerprint density at radius 3 is 2.48 bits per heavy atom. The molecule has 2 aromatic rings. The number of halogens is 1. The Hall–Kier alpha value is -2.58. The highest BCUT2D eigenvalue weighted by Gasteiger charge is 2.22. The van der Waals surface area contributed by atoms with Crippen molar-refractivity contribution in [2.75, 3.05) is 18.1 Å². The number of phenolic OH excluding ortho intramolecular Hbond substituents is 1. The second-order valence-electron chi connectivity index (χ2n) is 7.81. The first-order valence-electron chi connectivity index (χ1n) is 10.1. The summed E-state index contributed by atoms with van der Waals surface area (Å²) in [6.45, 7) is 0.664. The maximum absolute atomic E-state index is 12.2. The van der Waals surface area contributed by atoms with Crippen LogP contribution in [0.15, 0.2) is 52.4 Å². The van der Waals surface area contributed by atoms with Crippen LogP contribution in [0.4, 0.5) is 10.5 Å². The average Bonchev–Trinajstić information content (AvgIpc) is 2.71. The summed E-state index contributed by atoms with van der Waals surface area (Å²) in [6.07, 6.45) is 6.42. The van der Waals surface area contributed by atoms with Gasteiger partial charge in [0, 0.05) is 41.3 Å². The number of hydrogen-bond donors (Lipinski definition) is 3. The van der Waals surface area contributed by atoms with Crippen molar-refractivity contribution in [3.8, 4) is 5.75 Å². The molecular weight excluding hydrogens is 438 g/mol. The number of aromatic hydroxyl groups is 1. The van der Waals surface area contributed by atoms with Crippen LogP contribution in [0.1, 0.15) is 31.2 Å². The molecule has 0 atom stereocenters. The summed E-state index contributed by atoms with van der Waals surface area (Å²) in [7, 11) is -3.26. The van der Waals surface area contributed by atoms with E-state index in [0.717, 1.165) is 31.9 Å². The van der Waals surface area contributed by atoms with Crippen LogP contribution in [-0.4, -0.2) is 44.6 Å². The van der Waals surface area contributed by atoms with Crippen LogP contribution in [0.5, 0.6) is 5.75 Å². The number of urea groups is 1. The molecule has 1 aliphatic rings. The fourth-order valence-electron chi connectivity index (χ4n) is 3.56. The molecule has 31 heavy (non-hydrogen) atoms. The molecule has 0 aliphatic heterocycles. The first kappa shape index (κ1) is 23.1. The molecule has 0 heterocycles. The molecule has 2 amide bonds. The second-order valence-corrected chi connectivity index (χ2v) is 10.3. The lowest BCUT2D eigenvalue weighted by molar-refractivity contribution is 0.238. The van der Waals surface area contributed by atoms with Gasteiger partial charge in [0.2, 0.25) is 0 Å². The van der Waals surface area contributed by atoms with E-state index in [0.29, 0.717) is 28.7 Å². The van der Waals surface area contributed by atoms with Crippen molar-refractivity contribution in [3.05, 3.63) is 53.1 Å². The van der Waals surface area contributed by atoms with Gasteiger partial charge in [0.05, 0.1) is 4.90 Å². The van der Waals surface area contributed by atoms with Gasteiger partial charge in [0.1, 0.15) is 5.75 Å². The number of carbonyl (C=O) groups excluding carboxylic acids is 1. The largest absolute Gasteiger partial charge is 0.507 e. The molecule has 0 bridgehead atoms. The van der Waals surface area contributed by atoms with Gasteiger partial charge in [-0.3, -0.25) is 4.99 Å². The Morgan fingerprint density at radius 1 is 1.16 bits per heavy atom. The smallest absolute Gasteiger partial charge is 0.319 e. The van der Waals surface area contributed by atoms with Gasteiger partial charge >= 0.3 is 6.03 Å². The van der Waals surface area contributed by atoms with Crippen LogP contribution in [0.25, 0.3) is 0 Å². The van der Waals surface area contributed by atoms with Gasteiger partial charge < -0.3 is 15.7 Å². The minimum atomic E-state index is -3.26. The predicted molar refractivity (Wildman–Crippen MR) is 123 cm³/mol. The van der Waals surface area contributed by atoms with Crippen LogP contribution < -0.4 is 10.6 Å². The Labute approximate surface area is 187 Å². The number of nitrogens with one attached hydrogen (secondary N) is 2. The molecule has 2 aromatic carbocycles. The standard InChI is InChI=1S/C22H26ClN3O4S/c1-31(29,30)20-9-7-19(8-10-20)26-22(28)25-18-5-2-15(3-6-18)13-24-14-16-12-17(23)4-11-21(16)27/h4,7-12,14-15,18,27H,2-3,5-6,13H2,1H3,(H2,25,26,28)/t15-,18+. The molecule has 1 saturated carbocycles. The number of rotatable bonds is 6. The topological polar surface area (TPSA) is 108 Å². The molecule has 0 spiro atoms. The van der Waals surface area contributed by atoms with Crippen molar-refractivity contribution < 1.29 is 18.3 Å². The summed E-state index contributed by atoms with van der Waals surface area (Å²) < 4.78 is 23.0. The zero-order valence-corrected chi connectivity index (χ0v) is 18.8. The summed E-state index contributed by atoms with van der Waals surface area (Å²) in [6, 6.07) is 10.7. The number of phenols is 1. The number of sulfone groups is 1. The SMILES string of the molecule is CS(=O)(=O)c1ccc(NC(=O)N[C@H]2CC[C@@H](CN=Cc3cc(Cl)ccc3O)CC2)cc1. The van der Waals surface area contributed by atoms with E-state index in [4.69, 9.17) is 11.6 Å². The molecule has 0 unspecified atom stereocenters. The van der Waals surface area contributed by atoms with E-state index in [9.17, 15) is 18.3 Å². The van der Waals surface area contributed by atoms with E-state index in [1.54, 1.807) is 36.5 Å². The first-order valence-corrected chi connectivity index (χ1v) is 12.3. The van der Waals surface area contributed by atoms with Gasteiger partial charge in [0.15, 0.2) is 9.84 Å². The van der Waals surface area contributed by atoms with Crippen molar-refractivity contribution in [3.63, 3.8) is 0 Å². The maximum Gasteiger partial charge on any atom is 0.319 e. The fraction of sp³-hybridized carbons (Fsp3) is 0.364. The molecular formula is C22H26ClN3O4S. The van der Waals surface area contributed by atoms with Crippen molar-refractivity contribution >= 4 is 39.4 Å². The van der Waals surface area contributed by atoms with Gasteiger partial charge in [-0.1, -0.05) is 11.6 Å². The van der Waals surface area contributed by atoms with Gasteiger partial charge in [-0.25, -0.2) is 13.2 Å². The third-order valence-electron chi connectivity index (χ3n) is 5.31. The molecule has 0 radical (unpaired) electrons. The Balaban J connectivity index is 1.42. The average molecular weight is 464 g/mol. The minimum absolute atomic E-state index is 0.0903. The number of benzene rings is 2. The summed E-state index contributed by atoms with van der Waals surface area (Å²) >= 11 is 5.94. The quantitative estimate of drug-likeness (QED) is 0.556. The number of nitrogens with zero attached hydrogens (tertiary/aromatic N) is 1. The van der Waals surface area contributed by atoms with Crippen LogP contribution in [0, 0.1) is 5.92 Å². The van der Waals surface area contributed by atoms with Gasteiger partial charge in [-0.15, -0.1) is 0 Å². The molecule has 9 heteroatoms. The fourth-order valence-corrected chi connectivity index (χ4v) is 4.37. The lowest BCUT2D eigenvalue weighted by Gasteiger charge is -2.28. The molecule has 1 fully saturated rings. The molecule has 3 rings (SSSR count). The lowest BCUT2D eigenvalue weighted by atomic mass is 9.86. The highest BCUT2D eigenvalue weighted by molar-refractivity contribution is 7.90. The molecule has 166 valence electrons. The second kappa shape index (κ2) is 10.2. The third-order valence-corrected chi connectivity index (χ3v) is 6.67. The Kier molecular flexibility index (Phi) is 7.56. The van der Waals surface area contributed by atoms with Crippen LogP contribution in [0.2, 0.25) is 5.02 Å². The third kappa shape index (κ3) is 6.97. The number of amides is 2. The number of hydrogen-bond acceptors (Lipinski definition) is 5. The monoisotopic (exact) mass is 463 g/mol. The summed E-state index contributed by atoms with van der Waals surface area (Å²) in [5.74, 6) is 0.584. The number of aliphatic imine (C=N–C) groups is 1. The number of anilines is 1. The summed E-state index contributed by atoms with van der Waals surface area (Å²) in [5, 5.41) is 16.1. The van der Waals surface area contributed by atoms with E-state index in [1.807, 2.05) is 0 Å². The summed E-state index contributed by atoms with van der Waals surface area (Å²) in [4.78, 5) is 16.9. The Bertz CT molecular complexity index is 1050. The zero-order chi connectivity index (χ0) is 22.4. The van der Waals surface area contributed by atoms with Gasteiger partial charge in [0.25, 0.3) is 0 Å². The molecule has 7 nitrogen and oxygen atoms in total. The summed E-state index contributed by atoms with van der Waals surface area (Å²) in [5.41, 5.74) is 1.14. The molecule has 0 aromatic heterocycles. The molecule has 1 aliphatic carbocycles. The van der Waals surface area contributed by atoms with Gasteiger partial charge in [-0.2, -0.15) is 0 Å².